The highest BCUT2D eigenvalue weighted by molar-refractivity contribution is 8.00. The second kappa shape index (κ2) is 5.24. The van der Waals surface area contributed by atoms with E-state index in [-0.39, 0.29) is 5.91 Å². The summed E-state index contributed by atoms with van der Waals surface area (Å²) >= 11 is 3.14. The van der Waals surface area contributed by atoms with Gasteiger partial charge in [0.2, 0.25) is 5.91 Å². The SMILES string of the molecule is O=C(CSc1ncnc2ccsc12)N1CCCC1. The minimum Gasteiger partial charge on any atom is -0.342 e. The van der Waals surface area contributed by atoms with Crippen molar-refractivity contribution in [2.24, 2.45) is 0 Å². The molecule has 1 amide bonds. The van der Waals surface area contributed by atoms with E-state index in [1.807, 2.05) is 16.3 Å². The molecule has 1 fully saturated rings. The molecule has 1 aliphatic rings. The highest BCUT2D eigenvalue weighted by Crippen LogP contribution is 2.28. The Morgan fingerprint density at radius 2 is 2.22 bits per heavy atom. The number of amides is 1. The van der Waals surface area contributed by atoms with Crippen LogP contribution in [0.4, 0.5) is 0 Å². The summed E-state index contributed by atoms with van der Waals surface area (Å²) in [6, 6.07) is 1.98. The summed E-state index contributed by atoms with van der Waals surface area (Å²) in [5.74, 6) is 0.699. The summed E-state index contributed by atoms with van der Waals surface area (Å²) in [6.45, 7) is 1.83. The monoisotopic (exact) mass is 279 g/mol. The van der Waals surface area contributed by atoms with Crippen LogP contribution in [0.15, 0.2) is 22.8 Å². The highest BCUT2D eigenvalue weighted by Gasteiger charge is 2.18. The van der Waals surface area contributed by atoms with E-state index in [0.29, 0.717) is 5.75 Å². The summed E-state index contributed by atoms with van der Waals surface area (Å²) in [6.07, 6.45) is 3.84. The Labute approximate surface area is 113 Å². The lowest BCUT2D eigenvalue weighted by Gasteiger charge is -2.14. The van der Waals surface area contributed by atoms with Crippen LogP contribution in [0.1, 0.15) is 12.8 Å². The van der Waals surface area contributed by atoms with Crippen LogP contribution in [0, 0.1) is 0 Å². The van der Waals surface area contributed by atoms with Gasteiger partial charge in [-0.3, -0.25) is 4.79 Å². The first-order valence-electron chi connectivity index (χ1n) is 5.93. The van der Waals surface area contributed by atoms with Crippen molar-refractivity contribution in [3.8, 4) is 0 Å². The molecule has 0 aliphatic carbocycles. The summed E-state index contributed by atoms with van der Waals surface area (Å²) < 4.78 is 1.08. The third kappa shape index (κ3) is 2.35. The van der Waals surface area contributed by atoms with Crippen LogP contribution in [-0.4, -0.2) is 39.6 Å². The van der Waals surface area contributed by atoms with Gasteiger partial charge in [-0.15, -0.1) is 11.3 Å². The van der Waals surface area contributed by atoms with E-state index in [9.17, 15) is 4.79 Å². The number of likely N-dealkylation sites (tertiary alicyclic amines) is 1. The van der Waals surface area contributed by atoms with Crippen molar-refractivity contribution in [3.63, 3.8) is 0 Å². The summed E-state index contributed by atoms with van der Waals surface area (Å²) in [7, 11) is 0. The molecule has 0 spiro atoms. The molecule has 2 aromatic rings. The number of hydrogen-bond donors (Lipinski definition) is 0. The number of thiophene rings is 1. The first-order chi connectivity index (χ1) is 8.84. The maximum atomic E-state index is 12.0. The average Bonchev–Trinajstić information content (AvgIpc) is 3.05. The third-order valence-corrected chi connectivity index (χ3v) is 5.02. The van der Waals surface area contributed by atoms with E-state index in [1.165, 1.54) is 11.8 Å². The zero-order valence-electron chi connectivity index (χ0n) is 9.83. The maximum Gasteiger partial charge on any atom is 0.232 e. The van der Waals surface area contributed by atoms with E-state index in [2.05, 4.69) is 9.97 Å². The lowest BCUT2D eigenvalue weighted by Crippen LogP contribution is -2.29. The fraction of sp³-hybridized carbons (Fsp3) is 0.417. The summed E-state index contributed by atoms with van der Waals surface area (Å²) in [5.41, 5.74) is 0.964. The molecule has 0 unspecified atom stereocenters. The lowest BCUT2D eigenvalue weighted by molar-refractivity contribution is -0.127. The quantitative estimate of drug-likeness (QED) is 0.639. The van der Waals surface area contributed by atoms with Gasteiger partial charge in [-0.1, -0.05) is 11.8 Å². The zero-order valence-corrected chi connectivity index (χ0v) is 11.5. The van der Waals surface area contributed by atoms with Gasteiger partial charge >= 0.3 is 0 Å². The third-order valence-electron chi connectivity index (χ3n) is 3.00. The van der Waals surface area contributed by atoms with Crippen LogP contribution in [-0.2, 0) is 4.79 Å². The van der Waals surface area contributed by atoms with E-state index >= 15 is 0 Å². The molecule has 0 N–H and O–H groups in total. The summed E-state index contributed by atoms with van der Waals surface area (Å²) in [5, 5.41) is 2.92. The van der Waals surface area contributed by atoms with Crippen LogP contribution >= 0.6 is 23.1 Å². The largest absolute Gasteiger partial charge is 0.342 e. The maximum absolute atomic E-state index is 12.0. The number of carbonyl (C=O) groups excluding carboxylic acids is 1. The van der Waals surface area contributed by atoms with Gasteiger partial charge in [0.1, 0.15) is 11.4 Å². The van der Waals surface area contributed by atoms with Gasteiger partial charge in [-0.05, 0) is 24.3 Å². The fourth-order valence-electron chi connectivity index (χ4n) is 2.06. The topological polar surface area (TPSA) is 46.1 Å². The average molecular weight is 279 g/mol. The molecule has 0 atom stereocenters. The van der Waals surface area contributed by atoms with E-state index in [1.54, 1.807) is 17.7 Å². The van der Waals surface area contributed by atoms with Crippen LogP contribution in [0.2, 0.25) is 0 Å². The van der Waals surface area contributed by atoms with E-state index in [0.717, 1.165) is 41.2 Å². The van der Waals surface area contributed by atoms with Crippen LogP contribution in [0.3, 0.4) is 0 Å². The summed E-state index contributed by atoms with van der Waals surface area (Å²) in [4.78, 5) is 22.4. The van der Waals surface area contributed by atoms with Gasteiger partial charge in [0.15, 0.2) is 0 Å². The van der Waals surface area contributed by atoms with Crippen LogP contribution in [0.5, 0.6) is 0 Å². The standard InChI is InChI=1S/C12H13N3OS2/c16-10(15-4-1-2-5-15)7-18-12-11-9(3-6-17-11)13-8-14-12/h3,6,8H,1-2,4-5,7H2. The minimum atomic E-state index is 0.223. The smallest absolute Gasteiger partial charge is 0.232 e. The Kier molecular flexibility index (Phi) is 3.47. The first-order valence-corrected chi connectivity index (χ1v) is 7.80. The van der Waals surface area contributed by atoms with Gasteiger partial charge < -0.3 is 4.90 Å². The second-order valence-corrected chi connectivity index (χ2v) is 6.07. The molecule has 0 radical (unpaired) electrons. The highest BCUT2D eigenvalue weighted by atomic mass is 32.2. The molecule has 0 bridgehead atoms. The van der Waals surface area contributed by atoms with Crippen molar-refractivity contribution in [3.05, 3.63) is 17.8 Å². The normalized spacial score (nSPS) is 15.4. The predicted molar refractivity (Wildman–Crippen MR) is 74.0 cm³/mol. The van der Waals surface area contributed by atoms with Crippen LogP contribution < -0.4 is 0 Å². The predicted octanol–water partition coefficient (Wildman–Crippen LogP) is 2.41. The number of rotatable bonds is 3. The molecular formula is C12H13N3OS2. The van der Waals surface area contributed by atoms with Crippen molar-refractivity contribution in [2.75, 3.05) is 18.8 Å². The lowest BCUT2D eigenvalue weighted by atomic mass is 10.4. The van der Waals surface area contributed by atoms with Crippen LogP contribution in [0.25, 0.3) is 10.2 Å². The Hall–Kier alpha value is -1.14. The van der Waals surface area contributed by atoms with Crippen molar-refractivity contribution in [1.82, 2.24) is 14.9 Å². The molecule has 94 valence electrons. The van der Waals surface area contributed by atoms with Crippen molar-refractivity contribution in [2.45, 2.75) is 17.9 Å². The minimum absolute atomic E-state index is 0.223. The van der Waals surface area contributed by atoms with Crippen molar-refractivity contribution < 1.29 is 4.79 Å². The Morgan fingerprint density at radius 1 is 1.39 bits per heavy atom. The molecule has 6 heteroatoms. The van der Waals surface area contributed by atoms with Crippen molar-refractivity contribution >= 4 is 39.2 Å². The molecule has 4 nitrogen and oxygen atoms in total. The molecule has 3 heterocycles. The zero-order chi connectivity index (χ0) is 12.4. The molecule has 0 aromatic carbocycles. The number of nitrogens with zero attached hydrogens (tertiary/aromatic N) is 3. The Bertz CT molecular complexity index is 563. The molecule has 1 aliphatic heterocycles. The van der Waals surface area contributed by atoms with Crippen molar-refractivity contribution in [1.29, 1.82) is 0 Å². The molecule has 2 aromatic heterocycles. The number of hydrogen-bond acceptors (Lipinski definition) is 5. The van der Waals surface area contributed by atoms with E-state index < -0.39 is 0 Å². The number of fused-ring (bicyclic) bond motifs is 1. The number of aromatic nitrogens is 2. The Balaban J connectivity index is 1.69. The first kappa shape index (κ1) is 11.9. The fourth-order valence-corrected chi connectivity index (χ4v) is 3.91. The number of thioether (sulfide) groups is 1. The Morgan fingerprint density at radius 3 is 3.06 bits per heavy atom. The second-order valence-electron chi connectivity index (χ2n) is 4.19. The number of carbonyl (C=O) groups is 1. The van der Waals surface area contributed by atoms with Gasteiger partial charge in [0, 0.05) is 13.1 Å². The van der Waals surface area contributed by atoms with E-state index in [4.69, 9.17) is 0 Å². The van der Waals surface area contributed by atoms with Gasteiger partial charge in [0.05, 0.1) is 16.0 Å². The molecule has 0 saturated carbocycles. The van der Waals surface area contributed by atoms with Gasteiger partial charge in [0.25, 0.3) is 0 Å². The van der Waals surface area contributed by atoms with Gasteiger partial charge in [-0.25, -0.2) is 9.97 Å². The molecule has 18 heavy (non-hydrogen) atoms. The molecule has 3 rings (SSSR count). The van der Waals surface area contributed by atoms with Gasteiger partial charge in [-0.2, -0.15) is 0 Å². The molecule has 1 saturated heterocycles. The molecular weight excluding hydrogens is 266 g/mol.